The number of hydrogen-bond donors (Lipinski definition) is 1. The van der Waals surface area contributed by atoms with Gasteiger partial charge in [0.05, 0.1) is 17.6 Å². The van der Waals surface area contributed by atoms with Gasteiger partial charge < -0.3 is 15.0 Å². The Bertz CT molecular complexity index is 548. The Morgan fingerprint density at radius 1 is 1.52 bits per heavy atom. The van der Waals surface area contributed by atoms with Crippen LogP contribution >= 0.6 is 15.9 Å². The summed E-state index contributed by atoms with van der Waals surface area (Å²) in [4.78, 5) is 25.2. The average molecular weight is 355 g/mol. The maximum absolute atomic E-state index is 11.9. The SMILES string of the molecule is CCC(Br)C(=O)Nc1ccc(N2CCCC2=O)c(OC)c1. The van der Waals surface area contributed by atoms with Crippen LogP contribution in [0.1, 0.15) is 26.2 Å². The molecule has 1 aliphatic rings. The summed E-state index contributed by atoms with van der Waals surface area (Å²) in [6, 6.07) is 5.35. The number of hydrogen-bond acceptors (Lipinski definition) is 3. The predicted octanol–water partition coefficient (Wildman–Crippen LogP) is 2.93. The molecule has 0 radical (unpaired) electrons. The zero-order chi connectivity index (χ0) is 15.4. The molecule has 1 aliphatic heterocycles. The lowest BCUT2D eigenvalue weighted by atomic mass is 10.2. The van der Waals surface area contributed by atoms with Crippen molar-refractivity contribution in [3.63, 3.8) is 0 Å². The van der Waals surface area contributed by atoms with Crippen LogP contribution in [0, 0.1) is 0 Å². The number of anilines is 2. The summed E-state index contributed by atoms with van der Waals surface area (Å²) in [7, 11) is 1.56. The number of alkyl halides is 1. The molecule has 114 valence electrons. The second-order valence-corrected chi connectivity index (χ2v) is 6.01. The highest BCUT2D eigenvalue weighted by Crippen LogP contribution is 2.33. The highest BCUT2D eigenvalue weighted by molar-refractivity contribution is 9.10. The van der Waals surface area contributed by atoms with E-state index in [9.17, 15) is 9.59 Å². The normalized spacial score (nSPS) is 16.0. The smallest absolute Gasteiger partial charge is 0.238 e. The summed E-state index contributed by atoms with van der Waals surface area (Å²) in [5.74, 6) is 0.604. The number of amides is 2. The van der Waals surface area contributed by atoms with Gasteiger partial charge in [0.2, 0.25) is 11.8 Å². The summed E-state index contributed by atoms with van der Waals surface area (Å²) in [6.07, 6.45) is 2.15. The lowest BCUT2D eigenvalue weighted by Gasteiger charge is -2.20. The van der Waals surface area contributed by atoms with E-state index in [1.807, 2.05) is 13.0 Å². The van der Waals surface area contributed by atoms with Crippen molar-refractivity contribution in [3.05, 3.63) is 18.2 Å². The molecule has 1 aromatic carbocycles. The van der Waals surface area contributed by atoms with Gasteiger partial charge in [0, 0.05) is 24.7 Å². The van der Waals surface area contributed by atoms with Crippen LogP contribution in [-0.4, -0.2) is 30.3 Å². The van der Waals surface area contributed by atoms with E-state index < -0.39 is 0 Å². The lowest BCUT2D eigenvalue weighted by molar-refractivity contribution is -0.117. The average Bonchev–Trinajstić information content (AvgIpc) is 2.92. The van der Waals surface area contributed by atoms with Crippen LogP contribution in [0.5, 0.6) is 5.75 Å². The summed E-state index contributed by atoms with van der Waals surface area (Å²) < 4.78 is 5.36. The Kier molecular flexibility index (Phi) is 5.22. The first-order valence-electron chi connectivity index (χ1n) is 7.00. The first-order chi connectivity index (χ1) is 10.1. The highest BCUT2D eigenvalue weighted by Gasteiger charge is 2.24. The third-order valence-electron chi connectivity index (χ3n) is 3.45. The highest BCUT2D eigenvalue weighted by atomic mass is 79.9. The van der Waals surface area contributed by atoms with Crippen molar-refractivity contribution in [2.45, 2.75) is 31.0 Å². The van der Waals surface area contributed by atoms with E-state index in [0.717, 1.165) is 12.1 Å². The molecule has 0 aliphatic carbocycles. The molecular formula is C15H19BrN2O3. The fourth-order valence-corrected chi connectivity index (χ4v) is 2.40. The number of benzene rings is 1. The van der Waals surface area contributed by atoms with Crippen molar-refractivity contribution in [1.82, 2.24) is 0 Å². The first kappa shape index (κ1) is 15.8. The van der Waals surface area contributed by atoms with E-state index >= 15 is 0 Å². The number of ether oxygens (including phenoxy) is 1. The standard InChI is InChI=1S/C15H19BrN2O3/c1-3-11(16)15(20)17-10-6-7-12(13(9-10)21-2)18-8-4-5-14(18)19/h6-7,9,11H,3-5,8H2,1-2H3,(H,17,20). The van der Waals surface area contributed by atoms with E-state index in [-0.39, 0.29) is 16.6 Å². The van der Waals surface area contributed by atoms with E-state index in [2.05, 4.69) is 21.2 Å². The molecule has 1 saturated heterocycles. The van der Waals surface area contributed by atoms with Crippen molar-refractivity contribution in [2.75, 3.05) is 23.9 Å². The van der Waals surface area contributed by atoms with Gasteiger partial charge >= 0.3 is 0 Å². The van der Waals surface area contributed by atoms with Crippen LogP contribution < -0.4 is 15.0 Å². The Labute approximate surface area is 132 Å². The van der Waals surface area contributed by atoms with E-state index in [1.54, 1.807) is 24.1 Å². The van der Waals surface area contributed by atoms with Crippen LogP contribution in [-0.2, 0) is 9.59 Å². The summed E-state index contributed by atoms with van der Waals surface area (Å²) >= 11 is 3.32. The molecule has 1 heterocycles. The van der Waals surface area contributed by atoms with Crippen LogP contribution in [0.15, 0.2) is 18.2 Å². The maximum Gasteiger partial charge on any atom is 0.238 e. The second kappa shape index (κ2) is 6.93. The van der Waals surface area contributed by atoms with Gasteiger partial charge in [-0.25, -0.2) is 0 Å². The number of carbonyl (C=O) groups excluding carboxylic acids is 2. The summed E-state index contributed by atoms with van der Waals surface area (Å²) in [5.41, 5.74) is 1.41. The van der Waals surface area contributed by atoms with Crippen molar-refractivity contribution in [3.8, 4) is 5.75 Å². The molecule has 2 rings (SSSR count). The van der Waals surface area contributed by atoms with Gasteiger partial charge in [-0.05, 0) is 25.0 Å². The van der Waals surface area contributed by atoms with Gasteiger partial charge in [0.25, 0.3) is 0 Å². The van der Waals surface area contributed by atoms with Gasteiger partial charge in [-0.2, -0.15) is 0 Å². The fourth-order valence-electron chi connectivity index (χ4n) is 2.29. The molecule has 2 amide bonds. The number of methoxy groups -OCH3 is 1. The number of nitrogens with one attached hydrogen (secondary N) is 1. The molecule has 1 unspecified atom stereocenters. The number of nitrogens with zero attached hydrogens (tertiary/aromatic N) is 1. The monoisotopic (exact) mass is 354 g/mol. The lowest BCUT2D eigenvalue weighted by Crippen LogP contribution is -2.25. The van der Waals surface area contributed by atoms with Crippen molar-refractivity contribution in [2.24, 2.45) is 0 Å². The molecule has 6 heteroatoms. The molecule has 5 nitrogen and oxygen atoms in total. The van der Waals surface area contributed by atoms with Gasteiger partial charge in [-0.1, -0.05) is 22.9 Å². The van der Waals surface area contributed by atoms with Crippen LogP contribution in [0.3, 0.4) is 0 Å². The first-order valence-corrected chi connectivity index (χ1v) is 7.91. The van der Waals surface area contributed by atoms with Crippen molar-refractivity contribution < 1.29 is 14.3 Å². The van der Waals surface area contributed by atoms with Crippen LogP contribution in [0.25, 0.3) is 0 Å². The third kappa shape index (κ3) is 3.56. The summed E-state index contributed by atoms with van der Waals surface area (Å²) in [5, 5.41) is 2.83. The third-order valence-corrected chi connectivity index (χ3v) is 4.52. The molecule has 0 spiro atoms. The molecule has 1 atom stereocenters. The molecule has 21 heavy (non-hydrogen) atoms. The Morgan fingerprint density at radius 2 is 2.29 bits per heavy atom. The minimum atomic E-state index is -0.219. The molecular weight excluding hydrogens is 336 g/mol. The number of rotatable bonds is 5. The second-order valence-electron chi connectivity index (χ2n) is 4.90. The zero-order valence-corrected chi connectivity index (χ0v) is 13.8. The van der Waals surface area contributed by atoms with E-state index in [0.29, 0.717) is 30.8 Å². The largest absolute Gasteiger partial charge is 0.494 e. The van der Waals surface area contributed by atoms with Gasteiger partial charge in [-0.15, -0.1) is 0 Å². The number of halogens is 1. The molecule has 1 aromatic rings. The zero-order valence-electron chi connectivity index (χ0n) is 12.2. The quantitative estimate of drug-likeness (QED) is 0.827. The molecule has 1 N–H and O–H groups in total. The maximum atomic E-state index is 11.9. The van der Waals surface area contributed by atoms with Crippen molar-refractivity contribution >= 4 is 39.1 Å². The Morgan fingerprint density at radius 3 is 2.86 bits per heavy atom. The molecule has 0 aromatic heterocycles. The Hall–Kier alpha value is -1.56. The fraction of sp³-hybridized carbons (Fsp3) is 0.467. The van der Waals surface area contributed by atoms with Gasteiger partial charge in [0.15, 0.2) is 0 Å². The molecule has 0 saturated carbocycles. The minimum Gasteiger partial charge on any atom is -0.494 e. The summed E-state index contributed by atoms with van der Waals surface area (Å²) in [6.45, 7) is 2.64. The van der Waals surface area contributed by atoms with Gasteiger partial charge in [-0.3, -0.25) is 9.59 Å². The Balaban J connectivity index is 2.20. The minimum absolute atomic E-state index is 0.0930. The van der Waals surface area contributed by atoms with Crippen LogP contribution in [0.4, 0.5) is 11.4 Å². The predicted molar refractivity (Wildman–Crippen MR) is 86.2 cm³/mol. The number of carbonyl (C=O) groups is 2. The van der Waals surface area contributed by atoms with E-state index in [1.165, 1.54) is 0 Å². The molecule has 1 fully saturated rings. The van der Waals surface area contributed by atoms with E-state index in [4.69, 9.17) is 4.74 Å². The van der Waals surface area contributed by atoms with Crippen molar-refractivity contribution in [1.29, 1.82) is 0 Å². The molecule has 0 bridgehead atoms. The van der Waals surface area contributed by atoms with Crippen LogP contribution in [0.2, 0.25) is 0 Å². The van der Waals surface area contributed by atoms with Gasteiger partial charge in [0.1, 0.15) is 5.75 Å². The topological polar surface area (TPSA) is 58.6 Å².